The van der Waals surface area contributed by atoms with Crippen LogP contribution in [0.4, 0.5) is 0 Å². The molecular weight excluding hydrogens is 337 g/mol. The molecule has 122 valence electrons. The Hall–Kier alpha value is -1.56. The number of benzene rings is 1. The van der Waals surface area contributed by atoms with Gasteiger partial charge in [0, 0.05) is 13.2 Å². The standard InChI is InChI=1S/C16H17Cl2N3O2/c1-10-13(16(22)19-8-12-3-2-6-23-12)9-20-21(10)11-4-5-14(17)15(18)7-11/h4-5,7,9,12H,2-3,6,8H2,1H3,(H,19,22)/t12-/m1/s1. The van der Waals surface area contributed by atoms with Crippen molar-refractivity contribution < 1.29 is 9.53 Å². The Morgan fingerprint density at radius 3 is 2.96 bits per heavy atom. The van der Waals surface area contributed by atoms with E-state index in [0.717, 1.165) is 30.8 Å². The van der Waals surface area contributed by atoms with Crippen molar-refractivity contribution in [1.29, 1.82) is 0 Å². The number of ether oxygens (including phenoxy) is 1. The second-order valence-corrected chi connectivity index (χ2v) is 6.31. The van der Waals surface area contributed by atoms with Gasteiger partial charge >= 0.3 is 0 Å². The van der Waals surface area contributed by atoms with Crippen LogP contribution in [0.1, 0.15) is 28.9 Å². The molecule has 0 unspecified atom stereocenters. The van der Waals surface area contributed by atoms with Crippen molar-refractivity contribution in [2.45, 2.75) is 25.9 Å². The molecule has 7 heteroatoms. The Balaban J connectivity index is 1.75. The van der Waals surface area contributed by atoms with E-state index in [-0.39, 0.29) is 12.0 Å². The van der Waals surface area contributed by atoms with Crippen LogP contribution in [0.3, 0.4) is 0 Å². The topological polar surface area (TPSA) is 56.1 Å². The largest absolute Gasteiger partial charge is 0.376 e. The van der Waals surface area contributed by atoms with Crippen LogP contribution in [0, 0.1) is 6.92 Å². The fraction of sp³-hybridized carbons (Fsp3) is 0.375. The molecule has 2 aromatic rings. The Bertz CT molecular complexity index is 724. The van der Waals surface area contributed by atoms with Crippen molar-refractivity contribution in [1.82, 2.24) is 15.1 Å². The van der Waals surface area contributed by atoms with Gasteiger partial charge in [0.25, 0.3) is 5.91 Å². The molecule has 1 aromatic heterocycles. The third kappa shape index (κ3) is 3.52. The highest BCUT2D eigenvalue weighted by atomic mass is 35.5. The molecule has 0 bridgehead atoms. The molecule has 1 fully saturated rings. The first kappa shape index (κ1) is 16.3. The Morgan fingerprint density at radius 1 is 1.43 bits per heavy atom. The molecule has 1 aliphatic rings. The molecule has 1 N–H and O–H groups in total. The van der Waals surface area contributed by atoms with Crippen LogP contribution >= 0.6 is 23.2 Å². The van der Waals surface area contributed by atoms with E-state index < -0.39 is 0 Å². The van der Waals surface area contributed by atoms with Crippen LogP contribution in [0.5, 0.6) is 0 Å². The number of amides is 1. The highest BCUT2D eigenvalue weighted by Crippen LogP contribution is 2.25. The number of carbonyl (C=O) groups excluding carboxylic acids is 1. The minimum atomic E-state index is -0.149. The average Bonchev–Trinajstić information content (AvgIpc) is 3.17. The minimum Gasteiger partial charge on any atom is -0.376 e. The molecule has 1 aromatic carbocycles. The van der Waals surface area contributed by atoms with E-state index in [2.05, 4.69) is 10.4 Å². The van der Waals surface area contributed by atoms with E-state index in [9.17, 15) is 4.79 Å². The molecule has 0 saturated carbocycles. The molecule has 5 nitrogen and oxygen atoms in total. The van der Waals surface area contributed by atoms with Gasteiger partial charge in [-0.25, -0.2) is 4.68 Å². The van der Waals surface area contributed by atoms with E-state index in [4.69, 9.17) is 27.9 Å². The number of hydrogen-bond acceptors (Lipinski definition) is 3. The quantitative estimate of drug-likeness (QED) is 0.916. The third-order valence-electron chi connectivity index (χ3n) is 3.92. The lowest BCUT2D eigenvalue weighted by Gasteiger charge is -2.11. The first-order valence-electron chi connectivity index (χ1n) is 7.46. The number of halogens is 2. The summed E-state index contributed by atoms with van der Waals surface area (Å²) in [5.74, 6) is -0.149. The summed E-state index contributed by atoms with van der Waals surface area (Å²) in [6.45, 7) is 3.14. The molecule has 0 spiro atoms. The van der Waals surface area contributed by atoms with Crippen molar-refractivity contribution in [2.75, 3.05) is 13.2 Å². The van der Waals surface area contributed by atoms with Gasteiger partial charge in [-0.2, -0.15) is 5.10 Å². The number of rotatable bonds is 4. The van der Waals surface area contributed by atoms with Gasteiger partial charge in [-0.1, -0.05) is 23.2 Å². The van der Waals surface area contributed by atoms with E-state index in [0.29, 0.717) is 22.2 Å². The van der Waals surface area contributed by atoms with Crippen LogP contribution in [-0.4, -0.2) is 34.9 Å². The number of aromatic nitrogens is 2. The maximum atomic E-state index is 12.3. The number of hydrogen-bond donors (Lipinski definition) is 1. The van der Waals surface area contributed by atoms with Crippen molar-refractivity contribution >= 4 is 29.1 Å². The molecule has 3 rings (SSSR count). The second kappa shape index (κ2) is 6.91. The van der Waals surface area contributed by atoms with Crippen LogP contribution in [0.25, 0.3) is 5.69 Å². The van der Waals surface area contributed by atoms with Crippen LogP contribution < -0.4 is 5.32 Å². The molecule has 1 aliphatic heterocycles. The van der Waals surface area contributed by atoms with Crippen LogP contribution in [-0.2, 0) is 4.74 Å². The summed E-state index contributed by atoms with van der Waals surface area (Å²) in [5.41, 5.74) is 2.04. The van der Waals surface area contributed by atoms with Gasteiger partial charge in [-0.3, -0.25) is 4.79 Å². The SMILES string of the molecule is Cc1c(C(=O)NC[C@H]2CCCO2)cnn1-c1ccc(Cl)c(Cl)c1. The summed E-state index contributed by atoms with van der Waals surface area (Å²) in [6.07, 6.45) is 3.71. The molecule has 2 heterocycles. The fourth-order valence-corrected chi connectivity index (χ4v) is 2.91. The van der Waals surface area contributed by atoms with Gasteiger partial charge < -0.3 is 10.1 Å². The highest BCUT2D eigenvalue weighted by molar-refractivity contribution is 6.42. The minimum absolute atomic E-state index is 0.115. The summed E-state index contributed by atoms with van der Waals surface area (Å²) >= 11 is 12.0. The molecule has 0 aliphatic carbocycles. The smallest absolute Gasteiger partial charge is 0.254 e. The number of carbonyl (C=O) groups is 1. The van der Waals surface area contributed by atoms with Crippen molar-refractivity contribution in [2.24, 2.45) is 0 Å². The summed E-state index contributed by atoms with van der Waals surface area (Å²) in [7, 11) is 0. The van der Waals surface area contributed by atoms with Gasteiger partial charge in [0.15, 0.2) is 0 Å². The molecule has 23 heavy (non-hydrogen) atoms. The Morgan fingerprint density at radius 2 is 2.26 bits per heavy atom. The maximum Gasteiger partial charge on any atom is 0.254 e. The lowest BCUT2D eigenvalue weighted by molar-refractivity contribution is 0.0857. The number of nitrogens with one attached hydrogen (secondary N) is 1. The third-order valence-corrected chi connectivity index (χ3v) is 4.66. The monoisotopic (exact) mass is 353 g/mol. The predicted molar refractivity (Wildman–Crippen MR) is 89.6 cm³/mol. The van der Waals surface area contributed by atoms with Gasteiger partial charge in [-0.15, -0.1) is 0 Å². The average molecular weight is 354 g/mol. The lowest BCUT2D eigenvalue weighted by atomic mass is 10.2. The highest BCUT2D eigenvalue weighted by Gasteiger charge is 2.19. The molecule has 1 amide bonds. The summed E-state index contributed by atoms with van der Waals surface area (Å²) in [4.78, 5) is 12.3. The van der Waals surface area contributed by atoms with Crippen molar-refractivity contribution in [3.8, 4) is 5.69 Å². The fourth-order valence-electron chi connectivity index (χ4n) is 2.62. The predicted octanol–water partition coefficient (Wildman–Crippen LogP) is 3.40. The van der Waals surface area contributed by atoms with Crippen LogP contribution in [0.2, 0.25) is 10.0 Å². The number of nitrogens with zero attached hydrogens (tertiary/aromatic N) is 2. The first-order chi connectivity index (χ1) is 11.1. The van der Waals surface area contributed by atoms with Gasteiger partial charge in [0.2, 0.25) is 0 Å². The summed E-state index contributed by atoms with van der Waals surface area (Å²) in [6, 6.07) is 5.23. The zero-order valence-corrected chi connectivity index (χ0v) is 14.2. The first-order valence-corrected chi connectivity index (χ1v) is 8.21. The van der Waals surface area contributed by atoms with E-state index in [1.807, 2.05) is 13.0 Å². The van der Waals surface area contributed by atoms with Gasteiger partial charge in [-0.05, 0) is 38.0 Å². The summed E-state index contributed by atoms with van der Waals surface area (Å²) in [5, 5.41) is 8.11. The van der Waals surface area contributed by atoms with Crippen molar-refractivity contribution in [3.63, 3.8) is 0 Å². The molecule has 1 atom stereocenters. The molecule has 0 radical (unpaired) electrons. The van der Waals surface area contributed by atoms with E-state index >= 15 is 0 Å². The van der Waals surface area contributed by atoms with E-state index in [1.165, 1.54) is 0 Å². The maximum absolute atomic E-state index is 12.3. The summed E-state index contributed by atoms with van der Waals surface area (Å²) < 4.78 is 7.18. The van der Waals surface area contributed by atoms with Crippen LogP contribution in [0.15, 0.2) is 24.4 Å². The zero-order chi connectivity index (χ0) is 16.4. The van der Waals surface area contributed by atoms with Crippen molar-refractivity contribution in [3.05, 3.63) is 45.7 Å². The van der Waals surface area contributed by atoms with Gasteiger partial charge in [0.05, 0.1) is 39.3 Å². The zero-order valence-electron chi connectivity index (χ0n) is 12.7. The second-order valence-electron chi connectivity index (χ2n) is 5.50. The molecular formula is C16H17Cl2N3O2. The lowest BCUT2D eigenvalue weighted by Crippen LogP contribution is -2.32. The Kier molecular flexibility index (Phi) is 4.90. The van der Waals surface area contributed by atoms with Gasteiger partial charge in [0.1, 0.15) is 0 Å². The Labute approximate surface area is 144 Å². The normalized spacial score (nSPS) is 17.4. The molecule has 1 saturated heterocycles. The van der Waals surface area contributed by atoms with E-state index in [1.54, 1.807) is 23.0 Å².